The number of aromatic nitrogens is 2. The van der Waals surface area contributed by atoms with Crippen LogP contribution in [0.1, 0.15) is 75.3 Å². The van der Waals surface area contributed by atoms with E-state index in [4.69, 9.17) is 9.72 Å². The van der Waals surface area contributed by atoms with Crippen molar-refractivity contribution >= 4 is 48.9 Å². The van der Waals surface area contributed by atoms with Gasteiger partial charge in [-0.05, 0) is 24.3 Å². The molecular formula is C30H51Cl3N6O3. The van der Waals surface area contributed by atoms with Crippen molar-refractivity contribution in [1.82, 2.24) is 25.5 Å². The zero-order valence-electron chi connectivity index (χ0n) is 25.8. The molecule has 1 fully saturated rings. The summed E-state index contributed by atoms with van der Waals surface area (Å²) in [6.07, 6.45) is 2.71. The van der Waals surface area contributed by atoms with Gasteiger partial charge < -0.3 is 30.7 Å². The maximum absolute atomic E-state index is 14.1. The van der Waals surface area contributed by atoms with Crippen molar-refractivity contribution < 1.29 is 14.6 Å². The number of methoxy groups -OCH3 is 1. The number of piperidine rings is 1. The first kappa shape index (κ1) is 40.3. The van der Waals surface area contributed by atoms with Crippen LogP contribution < -0.4 is 16.0 Å². The predicted molar refractivity (Wildman–Crippen MR) is 178 cm³/mol. The second-order valence-corrected chi connectivity index (χ2v) is 11.9. The van der Waals surface area contributed by atoms with Gasteiger partial charge in [0.1, 0.15) is 17.2 Å². The second-order valence-electron chi connectivity index (χ2n) is 11.9. The van der Waals surface area contributed by atoms with E-state index in [0.717, 1.165) is 31.5 Å². The first-order valence-corrected chi connectivity index (χ1v) is 14.2. The zero-order valence-corrected chi connectivity index (χ0v) is 28.2. The van der Waals surface area contributed by atoms with E-state index < -0.39 is 6.10 Å². The summed E-state index contributed by atoms with van der Waals surface area (Å²) >= 11 is 0. The molecule has 2 heterocycles. The molecule has 3 atom stereocenters. The minimum atomic E-state index is -0.579. The number of hydrogen-bond acceptors (Lipinski definition) is 8. The Hall–Kier alpha value is -1.72. The molecule has 0 radical (unpaired) electrons. The van der Waals surface area contributed by atoms with Gasteiger partial charge >= 0.3 is 0 Å². The highest BCUT2D eigenvalue weighted by Crippen LogP contribution is 2.25. The Kier molecular flexibility index (Phi) is 18.7. The monoisotopic (exact) mass is 648 g/mol. The minimum absolute atomic E-state index is 0. The first-order chi connectivity index (χ1) is 18.6. The number of benzene rings is 1. The lowest BCUT2D eigenvalue weighted by Crippen LogP contribution is -2.57. The largest absolute Gasteiger partial charge is 0.387 e. The Labute approximate surface area is 270 Å². The van der Waals surface area contributed by atoms with Crippen molar-refractivity contribution in [1.29, 1.82) is 0 Å². The summed E-state index contributed by atoms with van der Waals surface area (Å²) in [6, 6.07) is 9.83. The molecule has 1 unspecified atom stereocenters. The average Bonchev–Trinajstić information content (AvgIpc) is 2.92. The number of aliphatic hydroxyl groups excluding tert-OH is 1. The summed E-state index contributed by atoms with van der Waals surface area (Å²) in [5.74, 6) is 1.52. The molecule has 4 N–H and O–H groups in total. The Morgan fingerprint density at radius 3 is 2.48 bits per heavy atom. The molecule has 1 aromatic carbocycles. The number of ether oxygens (including phenoxy) is 1. The molecule has 9 nitrogen and oxygen atoms in total. The van der Waals surface area contributed by atoms with Crippen LogP contribution in [-0.4, -0.2) is 84.4 Å². The second kappa shape index (κ2) is 19.5. The van der Waals surface area contributed by atoms with Crippen LogP contribution in [0.2, 0.25) is 0 Å². The summed E-state index contributed by atoms with van der Waals surface area (Å²) in [5, 5.41) is 21.0. The van der Waals surface area contributed by atoms with Gasteiger partial charge in [-0.15, -0.1) is 37.2 Å². The minimum Gasteiger partial charge on any atom is -0.387 e. The van der Waals surface area contributed by atoms with E-state index in [1.807, 2.05) is 35.2 Å². The van der Waals surface area contributed by atoms with Crippen LogP contribution in [0.5, 0.6) is 0 Å². The molecule has 12 heteroatoms. The van der Waals surface area contributed by atoms with E-state index in [1.54, 1.807) is 13.3 Å². The third-order valence-electron chi connectivity index (χ3n) is 6.88. The molecule has 0 bridgehead atoms. The van der Waals surface area contributed by atoms with Crippen molar-refractivity contribution in [3.05, 3.63) is 53.5 Å². The van der Waals surface area contributed by atoms with Gasteiger partial charge in [0.15, 0.2) is 0 Å². The topological polar surface area (TPSA) is 112 Å². The molecule has 0 spiro atoms. The van der Waals surface area contributed by atoms with Gasteiger partial charge in [-0.1, -0.05) is 65.0 Å². The van der Waals surface area contributed by atoms with Crippen molar-refractivity contribution in [2.24, 2.45) is 5.92 Å². The van der Waals surface area contributed by atoms with Crippen molar-refractivity contribution in [2.75, 3.05) is 51.8 Å². The van der Waals surface area contributed by atoms with E-state index in [2.05, 4.69) is 55.6 Å². The molecule has 1 aliphatic rings. The van der Waals surface area contributed by atoms with Gasteiger partial charge in [-0.25, -0.2) is 9.97 Å². The third-order valence-corrected chi connectivity index (χ3v) is 6.88. The van der Waals surface area contributed by atoms with Crippen molar-refractivity contribution in [3.8, 4) is 0 Å². The SMILES string of the molecule is COCCCNc1nc(C(C)(C)C)ncc1C(=O)N(CC(C)C)[C@@H]1CNC[C@H](NCC(O)c2ccccc2)C1.Cl.Cl.Cl. The summed E-state index contributed by atoms with van der Waals surface area (Å²) < 4.78 is 5.19. The molecule has 1 amide bonds. The van der Waals surface area contributed by atoms with Crippen LogP contribution in [0.4, 0.5) is 5.82 Å². The van der Waals surface area contributed by atoms with Gasteiger partial charge in [0, 0.05) is 70.1 Å². The van der Waals surface area contributed by atoms with E-state index >= 15 is 0 Å². The van der Waals surface area contributed by atoms with Crippen LogP contribution in [0, 0.1) is 5.92 Å². The maximum Gasteiger partial charge on any atom is 0.259 e. The number of hydrogen-bond donors (Lipinski definition) is 4. The van der Waals surface area contributed by atoms with Crippen LogP contribution in [0.15, 0.2) is 36.5 Å². The van der Waals surface area contributed by atoms with Gasteiger partial charge in [0.05, 0.1) is 6.10 Å². The Balaban J connectivity index is 0.00000560. The summed E-state index contributed by atoms with van der Waals surface area (Å²) in [7, 11) is 1.68. The number of anilines is 1. The van der Waals surface area contributed by atoms with E-state index in [1.165, 1.54) is 0 Å². The van der Waals surface area contributed by atoms with E-state index in [-0.39, 0.29) is 60.6 Å². The number of carbonyl (C=O) groups is 1. The Bertz CT molecular complexity index is 1040. The smallest absolute Gasteiger partial charge is 0.259 e. The molecule has 0 aliphatic carbocycles. The van der Waals surface area contributed by atoms with Crippen LogP contribution >= 0.6 is 37.2 Å². The normalized spacial score (nSPS) is 17.3. The quantitative estimate of drug-likeness (QED) is 0.232. The number of carbonyl (C=O) groups excluding carboxylic acids is 1. The highest BCUT2D eigenvalue weighted by molar-refractivity contribution is 5.98. The van der Waals surface area contributed by atoms with Gasteiger partial charge in [-0.2, -0.15) is 0 Å². The highest BCUT2D eigenvalue weighted by atomic mass is 35.5. The molecule has 1 aliphatic heterocycles. The predicted octanol–water partition coefficient (Wildman–Crippen LogP) is 4.64. The number of amides is 1. The standard InChI is InChI=1S/C30H48N6O3.3ClH/c1-21(2)20-36(24-15-23(16-31-17-24)33-19-26(37)22-11-8-7-9-12-22)28(38)25-18-34-29(30(3,4)5)35-27(25)32-13-10-14-39-6;;;/h7-9,11-12,18,21,23-24,26,31,33,37H,10,13-17,19-20H2,1-6H3,(H,32,34,35);3*1H/t23-,24+,26?;;;/m1.../s1. The average molecular weight is 650 g/mol. The first-order valence-electron chi connectivity index (χ1n) is 14.2. The summed E-state index contributed by atoms with van der Waals surface area (Å²) in [4.78, 5) is 25.5. The fraction of sp³-hybridized carbons (Fsp3) is 0.633. The molecule has 3 rings (SSSR count). The summed E-state index contributed by atoms with van der Waals surface area (Å²) in [5.41, 5.74) is 1.15. The maximum atomic E-state index is 14.1. The number of halogens is 3. The lowest BCUT2D eigenvalue weighted by molar-refractivity contribution is 0.0596. The molecule has 42 heavy (non-hydrogen) atoms. The molecule has 0 saturated carbocycles. The van der Waals surface area contributed by atoms with E-state index in [9.17, 15) is 9.90 Å². The molecular weight excluding hydrogens is 599 g/mol. The lowest BCUT2D eigenvalue weighted by atomic mass is 9.95. The van der Waals surface area contributed by atoms with Gasteiger partial charge in [0.2, 0.25) is 0 Å². The molecule has 1 saturated heterocycles. The van der Waals surface area contributed by atoms with Crippen LogP contribution in [0.3, 0.4) is 0 Å². The Morgan fingerprint density at radius 2 is 1.86 bits per heavy atom. The van der Waals surface area contributed by atoms with Gasteiger partial charge in [-0.3, -0.25) is 4.79 Å². The zero-order chi connectivity index (χ0) is 28.4. The van der Waals surface area contributed by atoms with Crippen molar-refractivity contribution in [2.45, 2.75) is 71.1 Å². The van der Waals surface area contributed by atoms with E-state index in [0.29, 0.717) is 49.4 Å². The molecule has 1 aromatic heterocycles. The molecule has 240 valence electrons. The number of aliphatic hydroxyl groups is 1. The van der Waals surface area contributed by atoms with Gasteiger partial charge in [0.25, 0.3) is 5.91 Å². The Morgan fingerprint density at radius 1 is 1.17 bits per heavy atom. The summed E-state index contributed by atoms with van der Waals surface area (Å²) in [6.45, 7) is 14.3. The molecule has 2 aromatic rings. The van der Waals surface area contributed by atoms with Crippen LogP contribution in [0.25, 0.3) is 0 Å². The number of nitrogens with zero attached hydrogens (tertiary/aromatic N) is 3. The highest BCUT2D eigenvalue weighted by Gasteiger charge is 2.33. The van der Waals surface area contributed by atoms with Crippen LogP contribution in [-0.2, 0) is 10.2 Å². The fourth-order valence-electron chi connectivity index (χ4n) is 4.79. The number of rotatable bonds is 13. The van der Waals surface area contributed by atoms with Crippen molar-refractivity contribution in [3.63, 3.8) is 0 Å². The lowest BCUT2D eigenvalue weighted by Gasteiger charge is -2.39. The third kappa shape index (κ3) is 12.1. The fourth-order valence-corrected chi connectivity index (χ4v) is 4.79. The number of nitrogens with one attached hydrogen (secondary N) is 3.